The van der Waals surface area contributed by atoms with Crippen LogP contribution in [-0.4, -0.2) is 29.9 Å². The molecule has 2 atom stereocenters. The lowest BCUT2D eigenvalue weighted by Crippen LogP contribution is -2.44. The zero-order valence-corrected chi connectivity index (χ0v) is 12.8. The van der Waals surface area contributed by atoms with Crippen molar-refractivity contribution in [2.45, 2.75) is 27.2 Å². The number of amides is 3. The number of carbonyl (C=O) groups is 2. The molecule has 0 bridgehead atoms. The highest BCUT2D eigenvalue weighted by Crippen LogP contribution is 2.22. The number of hydrogen-bond donors (Lipinski definition) is 2. The molecule has 1 aliphatic rings. The second kappa shape index (κ2) is 6.61. The Morgan fingerprint density at radius 2 is 1.67 bits per heavy atom. The normalized spacial score (nSPS) is 21.8. The molecule has 1 saturated heterocycles. The van der Waals surface area contributed by atoms with Gasteiger partial charge in [0.15, 0.2) is 0 Å². The lowest BCUT2D eigenvalue weighted by molar-refractivity contribution is -0.114. The number of rotatable bonds is 2. The summed E-state index contributed by atoms with van der Waals surface area (Å²) in [5.74, 6) is 0.938. The Hall–Kier alpha value is -2.04. The molecule has 0 spiro atoms. The second-order valence-corrected chi connectivity index (χ2v) is 6.04. The minimum atomic E-state index is -0.128. The van der Waals surface area contributed by atoms with Crippen LogP contribution in [0.5, 0.6) is 0 Å². The van der Waals surface area contributed by atoms with Crippen molar-refractivity contribution in [1.82, 2.24) is 4.90 Å². The highest BCUT2D eigenvalue weighted by atomic mass is 16.2. The summed E-state index contributed by atoms with van der Waals surface area (Å²) in [6.45, 7) is 7.39. The molecule has 1 aromatic carbocycles. The maximum atomic E-state index is 12.3. The molecule has 1 aliphatic heterocycles. The second-order valence-electron chi connectivity index (χ2n) is 6.04. The smallest absolute Gasteiger partial charge is 0.321 e. The first-order chi connectivity index (χ1) is 9.94. The van der Waals surface area contributed by atoms with Crippen molar-refractivity contribution in [3.8, 4) is 0 Å². The van der Waals surface area contributed by atoms with E-state index in [1.54, 1.807) is 12.1 Å². The number of likely N-dealkylation sites (tertiary alicyclic amines) is 1. The van der Waals surface area contributed by atoms with Gasteiger partial charge in [-0.05, 0) is 36.5 Å². The third kappa shape index (κ3) is 4.48. The van der Waals surface area contributed by atoms with Gasteiger partial charge in [-0.15, -0.1) is 0 Å². The van der Waals surface area contributed by atoms with E-state index < -0.39 is 0 Å². The average Bonchev–Trinajstić information content (AvgIpc) is 2.37. The van der Waals surface area contributed by atoms with Crippen LogP contribution in [0.25, 0.3) is 0 Å². The van der Waals surface area contributed by atoms with Gasteiger partial charge in [0.2, 0.25) is 5.91 Å². The van der Waals surface area contributed by atoms with Crippen LogP contribution in [0.15, 0.2) is 24.3 Å². The van der Waals surface area contributed by atoms with Crippen LogP contribution in [-0.2, 0) is 4.79 Å². The number of piperidine rings is 1. The fourth-order valence-corrected chi connectivity index (χ4v) is 2.91. The van der Waals surface area contributed by atoms with Gasteiger partial charge < -0.3 is 15.5 Å². The van der Waals surface area contributed by atoms with E-state index in [0.29, 0.717) is 23.2 Å². The Balaban J connectivity index is 2.00. The van der Waals surface area contributed by atoms with Gasteiger partial charge in [-0.2, -0.15) is 0 Å². The van der Waals surface area contributed by atoms with Gasteiger partial charge in [0.05, 0.1) is 0 Å². The first-order valence-electron chi connectivity index (χ1n) is 7.37. The molecule has 2 rings (SSSR count). The summed E-state index contributed by atoms with van der Waals surface area (Å²) in [6.07, 6.45) is 1.17. The standard InChI is InChI=1S/C16H23N3O2/c1-11-7-12(2)10-19(9-11)16(21)18-15-6-4-5-14(8-15)17-13(3)20/h4-6,8,11-12H,7,9-10H2,1-3H3,(H,17,20)(H,18,21). The quantitative estimate of drug-likeness (QED) is 0.878. The number of anilines is 2. The predicted molar refractivity (Wildman–Crippen MR) is 84.3 cm³/mol. The Labute approximate surface area is 125 Å². The minimum Gasteiger partial charge on any atom is -0.326 e. The van der Waals surface area contributed by atoms with E-state index in [1.807, 2.05) is 17.0 Å². The molecule has 0 aromatic heterocycles. The summed E-state index contributed by atoms with van der Waals surface area (Å²) in [6, 6.07) is 7.11. The molecule has 21 heavy (non-hydrogen) atoms. The molecule has 5 nitrogen and oxygen atoms in total. The average molecular weight is 289 g/mol. The molecule has 1 fully saturated rings. The largest absolute Gasteiger partial charge is 0.326 e. The van der Waals surface area contributed by atoms with Gasteiger partial charge in [-0.25, -0.2) is 4.79 Å². The summed E-state index contributed by atoms with van der Waals surface area (Å²) in [4.78, 5) is 25.2. The van der Waals surface area contributed by atoms with Gasteiger partial charge in [0.25, 0.3) is 0 Å². The molecule has 1 heterocycles. The molecule has 2 unspecified atom stereocenters. The Morgan fingerprint density at radius 3 is 2.24 bits per heavy atom. The van der Waals surface area contributed by atoms with Crippen molar-refractivity contribution in [1.29, 1.82) is 0 Å². The number of carbonyl (C=O) groups excluding carboxylic acids is 2. The van der Waals surface area contributed by atoms with Crippen molar-refractivity contribution in [3.63, 3.8) is 0 Å². The zero-order chi connectivity index (χ0) is 15.4. The van der Waals surface area contributed by atoms with Gasteiger partial charge in [-0.1, -0.05) is 19.9 Å². The summed E-state index contributed by atoms with van der Waals surface area (Å²) < 4.78 is 0. The molecule has 5 heteroatoms. The summed E-state index contributed by atoms with van der Waals surface area (Å²) in [5, 5.41) is 5.61. The Morgan fingerprint density at radius 1 is 1.10 bits per heavy atom. The lowest BCUT2D eigenvalue weighted by atomic mass is 9.92. The molecule has 0 aliphatic carbocycles. The molecule has 1 aromatic rings. The van der Waals surface area contributed by atoms with E-state index in [4.69, 9.17) is 0 Å². The highest BCUT2D eigenvalue weighted by Gasteiger charge is 2.25. The summed E-state index contributed by atoms with van der Waals surface area (Å²) in [5.41, 5.74) is 1.37. The van der Waals surface area contributed by atoms with E-state index in [0.717, 1.165) is 13.1 Å². The number of hydrogen-bond acceptors (Lipinski definition) is 2. The molecule has 2 N–H and O–H groups in total. The van der Waals surface area contributed by atoms with E-state index in [2.05, 4.69) is 24.5 Å². The fourth-order valence-electron chi connectivity index (χ4n) is 2.91. The van der Waals surface area contributed by atoms with Crippen LogP contribution >= 0.6 is 0 Å². The molecule has 0 saturated carbocycles. The van der Waals surface area contributed by atoms with Crippen molar-refractivity contribution < 1.29 is 9.59 Å². The highest BCUT2D eigenvalue weighted by molar-refractivity contribution is 5.92. The minimum absolute atomic E-state index is 0.0756. The number of benzene rings is 1. The zero-order valence-electron chi connectivity index (χ0n) is 12.8. The van der Waals surface area contributed by atoms with Crippen LogP contribution in [0.3, 0.4) is 0 Å². The van der Waals surface area contributed by atoms with Gasteiger partial charge in [-0.3, -0.25) is 4.79 Å². The van der Waals surface area contributed by atoms with Crippen molar-refractivity contribution in [2.24, 2.45) is 11.8 Å². The SMILES string of the molecule is CC(=O)Nc1cccc(NC(=O)N2CC(C)CC(C)C2)c1. The third-order valence-electron chi connectivity index (χ3n) is 3.59. The number of nitrogens with one attached hydrogen (secondary N) is 2. The van der Waals surface area contributed by atoms with Crippen LogP contribution in [0, 0.1) is 11.8 Å². The van der Waals surface area contributed by atoms with Crippen molar-refractivity contribution in [2.75, 3.05) is 23.7 Å². The van der Waals surface area contributed by atoms with E-state index in [9.17, 15) is 9.59 Å². The third-order valence-corrected chi connectivity index (χ3v) is 3.59. The molecule has 3 amide bonds. The summed E-state index contributed by atoms with van der Waals surface area (Å²) >= 11 is 0. The molecular weight excluding hydrogens is 266 g/mol. The first kappa shape index (κ1) is 15.4. The maximum absolute atomic E-state index is 12.3. The van der Waals surface area contributed by atoms with Gasteiger partial charge in [0, 0.05) is 31.4 Å². The first-order valence-corrected chi connectivity index (χ1v) is 7.37. The van der Waals surface area contributed by atoms with E-state index >= 15 is 0 Å². The number of urea groups is 1. The van der Waals surface area contributed by atoms with Crippen molar-refractivity contribution in [3.05, 3.63) is 24.3 Å². The molecule has 0 radical (unpaired) electrons. The maximum Gasteiger partial charge on any atom is 0.321 e. The number of nitrogens with zero attached hydrogens (tertiary/aromatic N) is 1. The van der Waals surface area contributed by atoms with Crippen LogP contribution in [0.2, 0.25) is 0 Å². The van der Waals surface area contributed by atoms with Gasteiger partial charge >= 0.3 is 6.03 Å². The lowest BCUT2D eigenvalue weighted by Gasteiger charge is -2.34. The fraction of sp³-hybridized carbons (Fsp3) is 0.500. The summed E-state index contributed by atoms with van der Waals surface area (Å²) in [7, 11) is 0. The van der Waals surface area contributed by atoms with E-state index in [-0.39, 0.29) is 11.9 Å². The Bertz CT molecular complexity index is 520. The van der Waals surface area contributed by atoms with Crippen LogP contribution < -0.4 is 10.6 Å². The van der Waals surface area contributed by atoms with Crippen molar-refractivity contribution >= 4 is 23.3 Å². The topological polar surface area (TPSA) is 61.4 Å². The molecule has 114 valence electrons. The monoisotopic (exact) mass is 289 g/mol. The Kier molecular flexibility index (Phi) is 4.83. The van der Waals surface area contributed by atoms with Crippen LogP contribution in [0.1, 0.15) is 27.2 Å². The van der Waals surface area contributed by atoms with E-state index in [1.165, 1.54) is 13.3 Å². The van der Waals surface area contributed by atoms with Crippen LogP contribution in [0.4, 0.5) is 16.2 Å². The molecular formula is C16H23N3O2. The van der Waals surface area contributed by atoms with Gasteiger partial charge in [0.1, 0.15) is 0 Å². The predicted octanol–water partition coefficient (Wildman–Crippen LogP) is 3.15.